The van der Waals surface area contributed by atoms with Gasteiger partial charge in [-0.3, -0.25) is 14.5 Å². The average molecular weight is 640 g/mol. The van der Waals surface area contributed by atoms with E-state index in [1.54, 1.807) is 29.5 Å². The number of aryl methyl sites for hydroxylation is 2. The maximum Gasteiger partial charge on any atom is 0.293 e. The van der Waals surface area contributed by atoms with E-state index < -0.39 is 12.4 Å². The van der Waals surface area contributed by atoms with Crippen LogP contribution in [0.4, 0.5) is 21.6 Å². The lowest BCUT2D eigenvalue weighted by atomic mass is 9.88. The van der Waals surface area contributed by atoms with Gasteiger partial charge in [0.2, 0.25) is 0 Å². The molecule has 2 N–H and O–H groups in total. The van der Waals surface area contributed by atoms with Gasteiger partial charge in [0.1, 0.15) is 5.82 Å². The number of hydrogen-bond donors (Lipinski definition) is 2. The molecule has 0 saturated heterocycles. The SMILES string of the molecule is Cn1cc(-c2cc(F)cc(N3CCc4c(sc5c4CCCC5)C3=O)c2CO)nc(Nc2ccc3c(c2)CCN(C2CCC2)C3)c1=O. The summed E-state index contributed by atoms with van der Waals surface area (Å²) < 4.78 is 16.8. The Labute approximate surface area is 271 Å². The molecule has 2 aliphatic carbocycles. The van der Waals surface area contributed by atoms with Gasteiger partial charge in [0.05, 0.1) is 22.9 Å². The van der Waals surface area contributed by atoms with Gasteiger partial charge >= 0.3 is 0 Å². The van der Waals surface area contributed by atoms with Crippen molar-refractivity contribution >= 4 is 34.4 Å². The number of hydrogen-bond acceptors (Lipinski definition) is 7. The maximum atomic E-state index is 15.4. The Kier molecular flexibility index (Phi) is 7.54. The molecular formula is C36H38FN5O3S. The molecule has 8 rings (SSSR count). The predicted molar refractivity (Wildman–Crippen MR) is 179 cm³/mol. The number of rotatable bonds is 6. The minimum absolute atomic E-state index is 0.115. The number of anilines is 3. The van der Waals surface area contributed by atoms with E-state index in [-0.39, 0.29) is 17.3 Å². The van der Waals surface area contributed by atoms with Gasteiger partial charge in [0.15, 0.2) is 5.82 Å². The van der Waals surface area contributed by atoms with Crippen LogP contribution in [-0.2, 0) is 45.9 Å². The van der Waals surface area contributed by atoms with Crippen molar-refractivity contribution in [1.29, 1.82) is 0 Å². The summed E-state index contributed by atoms with van der Waals surface area (Å²) in [4.78, 5) is 38.0. The van der Waals surface area contributed by atoms with Crippen molar-refractivity contribution in [3.63, 3.8) is 0 Å². The van der Waals surface area contributed by atoms with Crippen LogP contribution in [0.2, 0.25) is 0 Å². The van der Waals surface area contributed by atoms with E-state index in [4.69, 9.17) is 0 Å². The number of thiophene rings is 1. The Balaban J connectivity index is 1.11. The largest absolute Gasteiger partial charge is 0.392 e. The predicted octanol–water partition coefficient (Wildman–Crippen LogP) is 5.88. The van der Waals surface area contributed by atoms with E-state index in [1.165, 1.54) is 57.5 Å². The molecule has 46 heavy (non-hydrogen) atoms. The summed E-state index contributed by atoms with van der Waals surface area (Å²) in [6.45, 7) is 1.99. The lowest BCUT2D eigenvalue weighted by Gasteiger charge is -2.40. The van der Waals surface area contributed by atoms with E-state index in [0.29, 0.717) is 41.5 Å². The molecule has 1 fully saturated rings. The zero-order chi connectivity index (χ0) is 31.5. The number of carbonyl (C=O) groups is 1. The number of benzene rings is 2. The summed E-state index contributed by atoms with van der Waals surface area (Å²) in [5, 5.41) is 13.9. The minimum atomic E-state index is -0.540. The zero-order valence-corrected chi connectivity index (χ0v) is 26.9. The van der Waals surface area contributed by atoms with Crippen molar-refractivity contribution in [2.24, 2.45) is 7.05 Å². The summed E-state index contributed by atoms with van der Waals surface area (Å²) in [5.74, 6) is -0.572. The summed E-state index contributed by atoms with van der Waals surface area (Å²) in [6, 6.07) is 9.56. The third kappa shape index (κ3) is 5.07. The maximum absolute atomic E-state index is 15.4. The van der Waals surface area contributed by atoms with Gasteiger partial charge in [-0.15, -0.1) is 11.3 Å². The van der Waals surface area contributed by atoms with E-state index in [2.05, 4.69) is 27.3 Å². The summed E-state index contributed by atoms with van der Waals surface area (Å²) >= 11 is 1.57. The highest BCUT2D eigenvalue weighted by atomic mass is 32.1. The standard InChI is InChI=1S/C36H38FN5O3S/c1-40-19-30(39-34(36(40)45)38-24-10-9-22-18-41(25-5-4-6-25)13-11-21(22)15-24)28-16-23(37)17-31(29(28)20-43)42-14-12-27-26-7-2-3-8-32(26)46-33(27)35(42)44/h9-10,15-17,19,25,43H,2-8,11-14,18,20H2,1H3,(H,38,39). The van der Waals surface area contributed by atoms with E-state index in [0.717, 1.165) is 61.3 Å². The number of carbonyl (C=O) groups excluding carboxylic acids is 1. The van der Waals surface area contributed by atoms with Crippen LogP contribution < -0.4 is 15.8 Å². The molecule has 0 bridgehead atoms. The van der Waals surface area contributed by atoms with Gasteiger partial charge in [-0.05, 0) is 97.9 Å². The molecule has 10 heteroatoms. The number of halogens is 1. The fourth-order valence-electron chi connectivity index (χ4n) is 7.67. The highest BCUT2D eigenvalue weighted by Crippen LogP contribution is 2.41. The highest BCUT2D eigenvalue weighted by molar-refractivity contribution is 7.14. The van der Waals surface area contributed by atoms with Crippen molar-refractivity contribution in [2.45, 2.75) is 77.0 Å². The smallest absolute Gasteiger partial charge is 0.293 e. The number of nitrogens with zero attached hydrogens (tertiary/aromatic N) is 4. The van der Waals surface area contributed by atoms with Gasteiger partial charge in [0.25, 0.3) is 11.5 Å². The summed E-state index contributed by atoms with van der Waals surface area (Å²) in [5.41, 5.74) is 6.96. The normalized spacial score (nSPS) is 18.2. The fourth-order valence-corrected chi connectivity index (χ4v) is 9.06. The van der Waals surface area contributed by atoms with Crippen LogP contribution in [0.3, 0.4) is 0 Å². The first-order valence-electron chi connectivity index (χ1n) is 16.5. The van der Waals surface area contributed by atoms with Gasteiger partial charge in [-0.2, -0.15) is 0 Å². The van der Waals surface area contributed by atoms with Crippen molar-refractivity contribution < 1.29 is 14.3 Å². The Morgan fingerprint density at radius 1 is 1.00 bits per heavy atom. The monoisotopic (exact) mass is 639 g/mol. The minimum Gasteiger partial charge on any atom is -0.392 e. The molecule has 0 unspecified atom stereocenters. The molecule has 0 radical (unpaired) electrons. The molecule has 2 aliphatic heterocycles. The molecule has 0 spiro atoms. The second-order valence-electron chi connectivity index (χ2n) is 13.1. The Bertz CT molecular complexity index is 1930. The quantitative estimate of drug-likeness (QED) is 0.274. The number of aromatic nitrogens is 2. The molecule has 1 saturated carbocycles. The topological polar surface area (TPSA) is 90.7 Å². The molecule has 4 aromatic rings. The zero-order valence-electron chi connectivity index (χ0n) is 26.1. The number of nitrogens with one attached hydrogen (secondary N) is 1. The van der Waals surface area contributed by atoms with E-state index in [9.17, 15) is 14.7 Å². The number of aliphatic hydroxyl groups is 1. The van der Waals surface area contributed by atoms with Crippen molar-refractivity contribution in [1.82, 2.24) is 14.5 Å². The second kappa shape index (κ2) is 11.7. The molecule has 1 amide bonds. The second-order valence-corrected chi connectivity index (χ2v) is 14.2. The molecular weight excluding hydrogens is 601 g/mol. The molecule has 0 atom stereocenters. The summed E-state index contributed by atoms with van der Waals surface area (Å²) in [7, 11) is 1.63. The lowest BCUT2D eigenvalue weighted by molar-refractivity contribution is 0.0984. The average Bonchev–Trinajstić information content (AvgIpc) is 3.42. The number of aliphatic hydroxyl groups excluding tert-OH is 1. The lowest BCUT2D eigenvalue weighted by Crippen LogP contribution is -2.42. The van der Waals surface area contributed by atoms with Crippen LogP contribution >= 0.6 is 11.3 Å². The first kappa shape index (κ1) is 29.5. The van der Waals surface area contributed by atoms with Crippen LogP contribution in [0.1, 0.15) is 74.5 Å². The molecule has 8 nitrogen and oxygen atoms in total. The van der Waals surface area contributed by atoms with Gasteiger partial charge in [0, 0.05) is 60.6 Å². The van der Waals surface area contributed by atoms with Crippen LogP contribution in [0.15, 0.2) is 41.3 Å². The molecule has 2 aromatic heterocycles. The van der Waals surface area contributed by atoms with Crippen LogP contribution in [0.5, 0.6) is 0 Å². The van der Waals surface area contributed by atoms with Crippen molar-refractivity contribution in [2.75, 3.05) is 23.3 Å². The van der Waals surface area contributed by atoms with Crippen molar-refractivity contribution in [3.8, 4) is 11.3 Å². The molecule has 2 aromatic carbocycles. The Morgan fingerprint density at radius 2 is 1.85 bits per heavy atom. The molecule has 4 aliphatic rings. The van der Waals surface area contributed by atoms with Gasteiger partial charge in [-0.25, -0.2) is 9.37 Å². The Morgan fingerprint density at radius 3 is 2.65 bits per heavy atom. The highest BCUT2D eigenvalue weighted by Gasteiger charge is 2.34. The van der Waals surface area contributed by atoms with Gasteiger partial charge in [-0.1, -0.05) is 12.5 Å². The van der Waals surface area contributed by atoms with Crippen molar-refractivity contribution in [3.05, 3.63) is 90.3 Å². The molecule has 4 heterocycles. The molecule has 238 valence electrons. The van der Waals surface area contributed by atoms with Crippen LogP contribution in [0, 0.1) is 5.82 Å². The van der Waals surface area contributed by atoms with Crippen LogP contribution in [0.25, 0.3) is 11.3 Å². The van der Waals surface area contributed by atoms with E-state index in [1.807, 2.05) is 6.07 Å². The first-order chi connectivity index (χ1) is 22.4. The first-order valence-corrected chi connectivity index (χ1v) is 17.3. The fraction of sp³-hybridized carbons (Fsp3) is 0.417. The van der Waals surface area contributed by atoms with Crippen LogP contribution in [-0.4, -0.2) is 44.6 Å². The third-order valence-corrected chi connectivity index (χ3v) is 11.7. The Hall–Kier alpha value is -3.86. The number of amides is 1. The number of fused-ring (bicyclic) bond motifs is 4. The third-order valence-electron chi connectivity index (χ3n) is 10.4. The van der Waals surface area contributed by atoms with Gasteiger partial charge < -0.3 is 19.9 Å². The van der Waals surface area contributed by atoms with E-state index >= 15 is 4.39 Å². The summed E-state index contributed by atoms with van der Waals surface area (Å²) in [6.07, 6.45) is 11.4.